The first kappa shape index (κ1) is 5.80. The fourth-order valence-electron chi connectivity index (χ4n) is 0.128. The van der Waals surface area contributed by atoms with Crippen molar-refractivity contribution in [2.45, 2.75) is 6.92 Å². The van der Waals surface area contributed by atoms with E-state index in [1.807, 2.05) is 0 Å². The predicted octanol–water partition coefficient (Wildman–Crippen LogP) is 1.25. The molecule has 0 saturated carbocycles. The van der Waals surface area contributed by atoms with E-state index >= 15 is 0 Å². The SMILES string of the molecule is CC=C[P+](=O)O. The van der Waals surface area contributed by atoms with E-state index < -0.39 is 8.03 Å². The minimum Gasteiger partial charge on any atom is -0.157 e. The third-order valence-corrected chi connectivity index (χ3v) is 0.830. The van der Waals surface area contributed by atoms with Crippen molar-refractivity contribution in [3.05, 3.63) is 11.9 Å². The summed E-state index contributed by atoms with van der Waals surface area (Å²) in [4.78, 5) is 7.97. The molecule has 0 bridgehead atoms. The van der Waals surface area contributed by atoms with Gasteiger partial charge in [0.2, 0.25) is 0 Å². The van der Waals surface area contributed by atoms with Crippen LogP contribution in [-0.2, 0) is 4.57 Å². The molecule has 1 atom stereocenters. The summed E-state index contributed by atoms with van der Waals surface area (Å²) in [5.41, 5.74) is 0. The highest BCUT2D eigenvalue weighted by molar-refractivity contribution is 7.41. The van der Waals surface area contributed by atoms with Gasteiger partial charge in [-0.1, -0.05) is 0 Å². The Morgan fingerprint density at radius 2 is 2.33 bits per heavy atom. The highest BCUT2D eigenvalue weighted by Crippen LogP contribution is 2.12. The molecule has 0 radical (unpaired) electrons. The van der Waals surface area contributed by atoms with E-state index in [2.05, 4.69) is 0 Å². The fourth-order valence-corrected chi connectivity index (χ4v) is 0.383. The Labute approximate surface area is 37.4 Å². The molecule has 6 heavy (non-hydrogen) atoms. The maximum absolute atomic E-state index is 9.66. The number of hydrogen-bond acceptors (Lipinski definition) is 1. The smallest absolute Gasteiger partial charge is 0.157 e. The zero-order chi connectivity index (χ0) is 4.99. The van der Waals surface area contributed by atoms with E-state index in [9.17, 15) is 4.57 Å². The van der Waals surface area contributed by atoms with Crippen LogP contribution in [0.1, 0.15) is 6.92 Å². The van der Waals surface area contributed by atoms with Gasteiger partial charge in [0.05, 0.1) is 0 Å². The second-order valence-electron chi connectivity index (χ2n) is 0.785. The largest absolute Gasteiger partial charge is 0.537 e. The highest BCUT2D eigenvalue weighted by Gasteiger charge is 1.96. The van der Waals surface area contributed by atoms with Crippen LogP contribution in [0.4, 0.5) is 0 Å². The van der Waals surface area contributed by atoms with Gasteiger partial charge in [-0.15, -0.1) is 0 Å². The first-order chi connectivity index (χ1) is 2.77. The molecule has 34 valence electrons. The molecular weight excluding hydrogens is 99.0 g/mol. The zero-order valence-corrected chi connectivity index (χ0v) is 4.35. The quantitative estimate of drug-likeness (QED) is 0.509. The molecule has 0 aliphatic heterocycles. The Hall–Kier alpha value is -0.200. The Bertz CT molecular complexity index is 76.9. The standard InChI is InChI=1S/C3H5O2P/c1-2-3-6(4)5/h2-3H,1H3/p+1. The molecule has 0 aromatic rings. The van der Waals surface area contributed by atoms with E-state index in [0.29, 0.717) is 0 Å². The number of allylic oxidation sites excluding steroid dienone is 1. The van der Waals surface area contributed by atoms with Crippen LogP contribution in [0, 0.1) is 0 Å². The molecule has 0 aromatic carbocycles. The molecule has 0 aliphatic carbocycles. The van der Waals surface area contributed by atoms with Crippen molar-refractivity contribution in [1.29, 1.82) is 0 Å². The minimum atomic E-state index is -2.03. The van der Waals surface area contributed by atoms with Crippen molar-refractivity contribution in [1.82, 2.24) is 0 Å². The van der Waals surface area contributed by atoms with Crippen LogP contribution in [0.5, 0.6) is 0 Å². The number of rotatable bonds is 1. The van der Waals surface area contributed by atoms with Crippen molar-refractivity contribution >= 4 is 8.03 Å². The van der Waals surface area contributed by atoms with Gasteiger partial charge < -0.3 is 0 Å². The maximum atomic E-state index is 9.66. The van der Waals surface area contributed by atoms with Gasteiger partial charge in [-0.2, -0.15) is 4.89 Å². The molecule has 0 saturated heterocycles. The van der Waals surface area contributed by atoms with E-state index in [1.165, 1.54) is 5.82 Å². The third-order valence-electron chi connectivity index (χ3n) is 0.277. The van der Waals surface area contributed by atoms with Crippen LogP contribution in [0.3, 0.4) is 0 Å². The van der Waals surface area contributed by atoms with Crippen LogP contribution >= 0.6 is 8.03 Å². The lowest BCUT2D eigenvalue weighted by Crippen LogP contribution is -1.41. The van der Waals surface area contributed by atoms with Crippen molar-refractivity contribution < 1.29 is 9.46 Å². The van der Waals surface area contributed by atoms with Crippen molar-refractivity contribution in [3.8, 4) is 0 Å². The van der Waals surface area contributed by atoms with Gasteiger partial charge in [0.25, 0.3) is 0 Å². The summed E-state index contributed by atoms with van der Waals surface area (Å²) in [6.07, 6.45) is 1.54. The van der Waals surface area contributed by atoms with Gasteiger partial charge in [-0.25, -0.2) is 0 Å². The molecule has 3 heteroatoms. The lowest BCUT2D eigenvalue weighted by atomic mass is 10.8. The lowest BCUT2D eigenvalue weighted by Gasteiger charge is -1.50. The second kappa shape index (κ2) is 3.01. The summed E-state index contributed by atoms with van der Waals surface area (Å²) in [7, 11) is -2.03. The molecule has 0 aromatic heterocycles. The zero-order valence-electron chi connectivity index (χ0n) is 3.46. The van der Waals surface area contributed by atoms with Crippen molar-refractivity contribution in [2.24, 2.45) is 0 Å². The minimum absolute atomic E-state index is 1.23. The summed E-state index contributed by atoms with van der Waals surface area (Å²) in [5, 5.41) is 0. The average molecular weight is 105 g/mol. The van der Waals surface area contributed by atoms with Crippen molar-refractivity contribution in [3.63, 3.8) is 0 Å². The fraction of sp³-hybridized carbons (Fsp3) is 0.333. The first-order valence-electron chi connectivity index (χ1n) is 1.55. The molecule has 0 amide bonds. The summed E-state index contributed by atoms with van der Waals surface area (Å²) in [6.45, 7) is 1.70. The predicted molar refractivity (Wildman–Crippen MR) is 24.6 cm³/mol. The molecule has 0 fully saturated rings. The molecule has 0 spiro atoms. The molecule has 1 N–H and O–H groups in total. The maximum Gasteiger partial charge on any atom is 0.537 e. The van der Waals surface area contributed by atoms with Crippen molar-refractivity contribution in [2.75, 3.05) is 0 Å². The topological polar surface area (TPSA) is 37.3 Å². The summed E-state index contributed by atoms with van der Waals surface area (Å²) >= 11 is 0. The Morgan fingerprint density at radius 1 is 1.83 bits per heavy atom. The van der Waals surface area contributed by atoms with E-state index in [0.717, 1.165) is 0 Å². The van der Waals surface area contributed by atoms with Crippen LogP contribution in [0.2, 0.25) is 0 Å². The Kier molecular flexibility index (Phi) is 2.91. The third kappa shape index (κ3) is 3.80. The van der Waals surface area contributed by atoms with E-state index in [4.69, 9.17) is 4.89 Å². The van der Waals surface area contributed by atoms with Gasteiger partial charge >= 0.3 is 8.03 Å². The van der Waals surface area contributed by atoms with Gasteiger partial charge in [-0.05, 0) is 17.6 Å². The van der Waals surface area contributed by atoms with Gasteiger partial charge in [0.1, 0.15) is 0 Å². The van der Waals surface area contributed by atoms with Crippen LogP contribution < -0.4 is 0 Å². The number of hydrogen-bond donors (Lipinski definition) is 1. The van der Waals surface area contributed by atoms with Gasteiger partial charge in [0.15, 0.2) is 5.82 Å². The molecule has 2 nitrogen and oxygen atoms in total. The van der Waals surface area contributed by atoms with Gasteiger partial charge in [-0.3, -0.25) is 0 Å². The Morgan fingerprint density at radius 3 is 2.33 bits per heavy atom. The van der Waals surface area contributed by atoms with Gasteiger partial charge in [0, 0.05) is 0 Å². The summed E-state index contributed by atoms with van der Waals surface area (Å²) < 4.78 is 9.66. The highest BCUT2D eigenvalue weighted by atomic mass is 31.1. The molecule has 0 aliphatic rings. The summed E-state index contributed by atoms with van der Waals surface area (Å²) in [5.74, 6) is 1.23. The first-order valence-corrected chi connectivity index (χ1v) is 2.83. The molecule has 0 rings (SSSR count). The monoisotopic (exact) mass is 105 g/mol. The lowest BCUT2D eigenvalue weighted by molar-refractivity contribution is 0.512. The Balaban J connectivity index is 3.30. The molecule has 1 unspecified atom stereocenters. The van der Waals surface area contributed by atoms with Crippen LogP contribution in [-0.4, -0.2) is 4.89 Å². The van der Waals surface area contributed by atoms with E-state index in [1.54, 1.807) is 13.0 Å². The normalized spacial score (nSPS) is 12.7. The van der Waals surface area contributed by atoms with Crippen LogP contribution in [0.15, 0.2) is 11.9 Å². The second-order valence-corrected chi connectivity index (χ2v) is 1.69. The van der Waals surface area contributed by atoms with Crippen LogP contribution in [0.25, 0.3) is 0 Å². The summed E-state index contributed by atoms with van der Waals surface area (Å²) in [6, 6.07) is 0. The average Bonchev–Trinajstić information content (AvgIpc) is 1.35. The molecule has 0 heterocycles. The molecular formula is C3H6O2P+. The van der Waals surface area contributed by atoms with E-state index in [-0.39, 0.29) is 0 Å².